The van der Waals surface area contributed by atoms with Gasteiger partial charge in [0, 0.05) is 38.6 Å². The highest BCUT2D eigenvalue weighted by atomic mass is 32.2. The minimum atomic E-state index is -2.95. The molecule has 0 radical (unpaired) electrons. The van der Waals surface area contributed by atoms with Crippen molar-refractivity contribution >= 4 is 39.2 Å². The van der Waals surface area contributed by atoms with Crippen molar-refractivity contribution in [2.75, 3.05) is 49.9 Å². The predicted molar refractivity (Wildman–Crippen MR) is 108 cm³/mol. The van der Waals surface area contributed by atoms with E-state index >= 15 is 0 Å². The zero-order valence-electron chi connectivity index (χ0n) is 15.9. The summed E-state index contributed by atoms with van der Waals surface area (Å²) >= 11 is 1.28. The number of ether oxygens (including phenoxy) is 1. The molecule has 1 aromatic carbocycles. The third kappa shape index (κ3) is 7.06. The molecule has 9 heteroatoms. The Morgan fingerprint density at radius 3 is 2.41 bits per heavy atom. The van der Waals surface area contributed by atoms with E-state index in [0.29, 0.717) is 13.0 Å². The molecule has 1 fully saturated rings. The van der Waals surface area contributed by atoms with Crippen molar-refractivity contribution in [3.05, 3.63) is 29.8 Å². The summed E-state index contributed by atoms with van der Waals surface area (Å²) < 4.78 is 27.8. The summed E-state index contributed by atoms with van der Waals surface area (Å²) in [5.41, 5.74) is 2.06. The van der Waals surface area contributed by atoms with Crippen LogP contribution in [0, 0.1) is 0 Å². The van der Waals surface area contributed by atoms with Crippen molar-refractivity contribution in [3.63, 3.8) is 0 Å². The summed E-state index contributed by atoms with van der Waals surface area (Å²) in [7, 11) is 2.63. The fraction of sp³-hybridized carbons (Fsp3) is 0.556. The van der Waals surface area contributed by atoms with Crippen molar-refractivity contribution < 1.29 is 22.7 Å². The molecular formula is C18H26N2O5S2. The van der Waals surface area contributed by atoms with Crippen LogP contribution in [0.5, 0.6) is 0 Å². The van der Waals surface area contributed by atoms with Gasteiger partial charge in [0.25, 0.3) is 5.91 Å². The number of sulfone groups is 1. The lowest BCUT2D eigenvalue weighted by atomic mass is 10.2. The van der Waals surface area contributed by atoms with Gasteiger partial charge < -0.3 is 14.5 Å². The molecule has 0 N–H and O–H groups in total. The molecule has 27 heavy (non-hydrogen) atoms. The summed E-state index contributed by atoms with van der Waals surface area (Å²) in [6, 6.07) is 7.87. The molecule has 0 unspecified atom stereocenters. The quantitative estimate of drug-likeness (QED) is 0.591. The van der Waals surface area contributed by atoms with Crippen LogP contribution < -0.4 is 4.90 Å². The molecule has 0 saturated carbocycles. The molecule has 0 bridgehead atoms. The molecule has 0 spiro atoms. The van der Waals surface area contributed by atoms with Crippen LogP contribution in [0.3, 0.4) is 0 Å². The van der Waals surface area contributed by atoms with Crippen molar-refractivity contribution in [1.82, 2.24) is 4.90 Å². The Labute approximate surface area is 165 Å². The number of hydrogen-bond acceptors (Lipinski definition) is 7. The number of hydrogen-bond donors (Lipinski definition) is 0. The van der Waals surface area contributed by atoms with Gasteiger partial charge in [-0.2, -0.15) is 0 Å². The average molecular weight is 415 g/mol. The van der Waals surface area contributed by atoms with Crippen LogP contribution in [0.1, 0.15) is 12.0 Å². The fourth-order valence-electron chi connectivity index (χ4n) is 2.63. The Hall–Kier alpha value is -1.74. The number of carbonyl (C=O) groups is 2. The third-order valence-corrected chi connectivity index (χ3v) is 7.54. The van der Waals surface area contributed by atoms with Gasteiger partial charge in [-0.25, -0.2) is 8.42 Å². The molecule has 0 aliphatic carbocycles. The van der Waals surface area contributed by atoms with E-state index in [4.69, 9.17) is 4.74 Å². The number of thioether (sulfide) groups is 1. The summed E-state index contributed by atoms with van der Waals surface area (Å²) in [6.45, 7) is 0.118. The standard InChI is InChI=1S/C18H26N2O5S2/c1-19(2)15-6-4-14(5-7-15)10-20(3)17(21)11-25-18(22)12-26-16-8-9-27(23,24)13-16/h4-7,16H,8-13H2,1-3H3/t16-/m0/s1. The first-order valence-electron chi connectivity index (χ1n) is 8.64. The molecule has 1 aromatic rings. The van der Waals surface area contributed by atoms with Gasteiger partial charge in [-0.05, 0) is 24.1 Å². The van der Waals surface area contributed by atoms with Gasteiger partial charge >= 0.3 is 5.97 Å². The van der Waals surface area contributed by atoms with Crippen LogP contribution in [-0.2, 0) is 30.7 Å². The van der Waals surface area contributed by atoms with Gasteiger partial charge in [0.15, 0.2) is 16.4 Å². The normalized spacial score (nSPS) is 18.1. The second kappa shape index (κ2) is 9.45. The van der Waals surface area contributed by atoms with Crippen LogP contribution in [0.25, 0.3) is 0 Å². The van der Waals surface area contributed by atoms with Crippen molar-refractivity contribution in [3.8, 4) is 0 Å². The number of carbonyl (C=O) groups excluding carboxylic acids is 2. The number of amides is 1. The Morgan fingerprint density at radius 1 is 1.19 bits per heavy atom. The van der Waals surface area contributed by atoms with E-state index < -0.39 is 15.8 Å². The zero-order chi connectivity index (χ0) is 20.0. The fourth-order valence-corrected chi connectivity index (χ4v) is 6.07. The summed E-state index contributed by atoms with van der Waals surface area (Å²) in [6.07, 6.45) is 0.564. The molecule has 2 rings (SSSR count). The first kappa shape index (κ1) is 21.6. The number of esters is 1. The molecular weight excluding hydrogens is 388 g/mol. The molecule has 1 aliphatic heterocycles. The van der Waals surface area contributed by atoms with Gasteiger partial charge in [0.05, 0.1) is 17.3 Å². The van der Waals surface area contributed by atoms with Crippen LogP contribution in [0.2, 0.25) is 0 Å². The average Bonchev–Trinajstić information content (AvgIpc) is 2.97. The Kier molecular flexibility index (Phi) is 7.55. The lowest BCUT2D eigenvalue weighted by molar-refractivity contribution is -0.149. The topological polar surface area (TPSA) is 84.0 Å². The smallest absolute Gasteiger partial charge is 0.316 e. The van der Waals surface area contributed by atoms with Crippen molar-refractivity contribution in [1.29, 1.82) is 0 Å². The highest BCUT2D eigenvalue weighted by molar-refractivity contribution is 8.02. The molecule has 1 saturated heterocycles. The molecule has 1 aliphatic rings. The summed E-state index contributed by atoms with van der Waals surface area (Å²) in [4.78, 5) is 27.4. The molecule has 150 valence electrons. The maximum Gasteiger partial charge on any atom is 0.316 e. The minimum absolute atomic E-state index is 0.0587. The van der Waals surface area contributed by atoms with Crippen LogP contribution in [-0.4, -0.2) is 75.5 Å². The number of nitrogens with zero attached hydrogens (tertiary/aromatic N) is 2. The third-order valence-electron chi connectivity index (χ3n) is 4.28. The van der Waals surface area contributed by atoms with E-state index in [-0.39, 0.29) is 35.0 Å². The predicted octanol–water partition coefficient (Wildman–Crippen LogP) is 1.17. The Morgan fingerprint density at radius 2 is 1.85 bits per heavy atom. The van der Waals surface area contributed by atoms with Gasteiger partial charge in [0.1, 0.15) is 0 Å². The molecule has 1 atom stereocenters. The first-order chi connectivity index (χ1) is 12.7. The van der Waals surface area contributed by atoms with Gasteiger partial charge in [-0.15, -0.1) is 11.8 Å². The number of benzene rings is 1. The summed E-state index contributed by atoms with van der Waals surface area (Å²) in [5, 5.41) is -0.0638. The molecule has 1 amide bonds. The number of anilines is 1. The Bertz CT molecular complexity index is 762. The molecule has 0 aromatic heterocycles. The monoisotopic (exact) mass is 414 g/mol. The first-order valence-corrected chi connectivity index (χ1v) is 11.5. The maximum absolute atomic E-state index is 12.1. The SMILES string of the molecule is CN(Cc1ccc(N(C)C)cc1)C(=O)COC(=O)CS[C@H]1CCS(=O)(=O)C1. The zero-order valence-corrected chi connectivity index (χ0v) is 17.5. The largest absolute Gasteiger partial charge is 0.455 e. The number of rotatable bonds is 8. The van der Waals surface area contributed by atoms with Crippen LogP contribution in [0.15, 0.2) is 24.3 Å². The van der Waals surface area contributed by atoms with Crippen LogP contribution in [0.4, 0.5) is 5.69 Å². The van der Waals surface area contributed by atoms with E-state index in [2.05, 4.69) is 0 Å². The van der Waals surface area contributed by atoms with Crippen molar-refractivity contribution in [2.45, 2.75) is 18.2 Å². The van der Waals surface area contributed by atoms with Gasteiger partial charge in [0.2, 0.25) is 0 Å². The van der Waals surface area contributed by atoms with Crippen LogP contribution >= 0.6 is 11.8 Å². The van der Waals surface area contributed by atoms with E-state index in [1.807, 2.05) is 43.3 Å². The molecule has 7 nitrogen and oxygen atoms in total. The lowest BCUT2D eigenvalue weighted by Gasteiger charge is -2.18. The minimum Gasteiger partial charge on any atom is -0.455 e. The van der Waals surface area contributed by atoms with Gasteiger partial charge in [-0.1, -0.05) is 12.1 Å². The van der Waals surface area contributed by atoms with E-state index in [9.17, 15) is 18.0 Å². The van der Waals surface area contributed by atoms with E-state index in [0.717, 1.165) is 11.3 Å². The van der Waals surface area contributed by atoms with E-state index in [1.54, 1.807) is 7.05 Å². The second-order valence-corrected chi connectivity index (χ2v) is 10.3. The maximum atomic E-state index is 12.1. The second-order valence-electron chi connectivity index (χ2n) is 6.81. The highest BCUT2D eigenvalue weighted by Gasteiger charge is 2.28. The Balaban J connectivity index is 1.70. The number of likely N-dealkylation sites (N-methyl/N-ethyl adjacent to an activating group) is 1. The lowest BCUT2D eigenvalue weighted by Crippen LogP contribution is -2.31. The van der Waals surface area contributed by atoms with Gasteiger partial charge in [-0.3, -0.25) is 9.59 Å². The summed E-state index contributed by atoms with van der Waals surface area (Å²) in [5.74, 6) is -0.434. The molecule has 1 heterocycles. The highest BCUT2D eigenvalue weighted by Crippen LogP contribution is 2.24. The van der Waals surface area contributed by atoms with E-state index in [1.165, 1.54) is 16.7 Å². The van der Waals surface area contributed by atoms with Crippen molar-refractivity contribution in [2.24, 2.45) is 0 Å².